The predicted molar refractivity (Wildman–Crippen MR) is 94.3 cm³/mol. The van der Waals surface area contributed by atoms with Crippen molar-refractivity contribution < 1.29 is 14.1 Å². The summed E-state index contributed by atoms with van der Waals surface area (Å²) >= 11 is 1.28. The molecule has 8 nitrogen and oxygen atoms in total. The summed E-state index contributed by atoms with van der Waals surface area (Å²) in [7, 11) is 0. The lowest BCUT2D eigenvalue weighted by atomic mass is 10.1. The molecule has 3 heterocycles. The Morgan fingerprint density at radius 1 is 1.31 bits per heavy atom. The minimum atomic E-state index is -0.532. The van der Waals surface area contributed by atoms with Gasteiger partial charge in [-0.05, 0) is 41.9 Å². The van der Waals surface area contributed by atoms with Crippen LogP contribution in [0.4, 0.5) is 5.82 Å². The third kappa shape index (κ3) is 2.14. The molecule has 1 aromatic carbocycles. The van der Waals surface area contributed by atoms with E-state index < -0.39 is 4.92 Å². The van der Waals surface area contributed by atoms with E-state index in [0.29, 0.717) is 16.3 Å². The second kappa shape index (κ2) is 5.40. The van der Waals surface area contributed by atoms with Crippen molar-refractivity contribution in [2.45, 2.75) is 19.3 Å². The average Bonchev–Trinajstić information content (AvgIpc) is 3.29. The molecule has 0 saturated carbocycles. The lowest BCUT2D eigenvalue weighted by Crippen LogP contribution is -2.06. The molecule has 0 spiro atoms. The lowest BCUT2D eigenvalue weighted by Gasteiger charge is -2.06. The van der Waals surface area contributed by atoms with Crippen molar-refractivity contribution in [3.05, 3.63) is 61.4 Å². The average molecular weight is 369 g/mol. The fourth-order valence-corrected chi connectivity index (χ4v) is 4.13. The first-order chi connectivity index (χ1) is 12.6. The van der Waals surface area contributed by atoms with Gasteiger partial charge in [0.25, 0.3) is 4.96 Å². The highest BCUT2D eigenvalue weighted by Crippen LogP contribution is 2.35. The van der Waals surface area contributed by atoms with Crippen LogP contribution in [-0.2, 0) is 12.8 Å². The van der Waals surface area contributed by atoms with E-state index in [9.17, 15) is 14.9 Å². The van der Waals surface area contributed by atoms with Gasteiger partial charge in [-0.15, -0.1) is 0 Å². The summed E-state index contributed by atoms with van der Waals surface area (Å²) in [5, 5.41) is 14.0. The van der Waals surface area contributed by atoms with E-state index in [0.717, 1.165) is 35.8 Å². The van der Waals surface area contributed by atoms with Gasteiger partial charge in [-0.1, -0.05) is 11.3 Å². The van der Waals surface area contributed by atoms with Gasteiger partial charge < -0.3 is 19.3 Å². The second-order valence-electron chi connectivity index (χ2n) is 6.01. The molecule has 0 unspecified atom stereocenters. The van der Waals surface area contributed by atoms with Crippen LogP contribution >= 0.6 is 11.3 Å². The number of fused-ring (bicyclic) bond motifs is 4. The van der Waals surface area contributed by atoms with Crippen LogP contribution in [0.3, 0.4) is 0 Å². The Balaban J connectivity index is 1.61. The van der Waals surface area contributed by atoms with E-state index in [2.05, 4.69) is 4.98 Å². The molecule has 130 valence electrons. The molecule has 3 aromatic heterocycles. The van der Waals surface area contributed by atoms with E-state index in [1.165, 1.54) is 15.7 Å². The smallest absolute Gasteiger partial charge is 0.393 e. The van der Waals surface area contributed by atoms with Crippen LogP contribution in [0.2, 0.25) is 0 Å². The summed E-state index contributed by atoms with van der Waals surface area (Å²) in [6, 6.07) is 5.10. The van der Waals surface area contributed by atoms with Gasteiger partial charge in [-0.3, -0.25) is 0 Å². The van der Waals surface area contributed by atoms with Gasteiger partial charge in [0.05, 0.1) is 0 Å². The molecule has 1 aliphatic carbocycles. The molecular formula is C17H11N3O5S. The number of aryl methyl sites for hydroxylation is 1. The monoisotopic (exact) mass is 369 g/mol. The highest BCUT2D eigenvalue weighted by atomic mass is 32.1. The molecule has 4 aromatic rings. The summed E-state index contributed by atoms with van der Waals surface area (Å²) in [6.07, 6.45) is 4.10. The Kier molecular flexibility index (Phi) is 3.13. The molecule has 0 N–H and O–H groups in total. The maximum absolute atomic E-state index is 12.1. The molecule has 0 saturated heterocycles. The normalized spacial score (nSPS) is 13.4. The van der Waals surface area contributed by atoms with E-state index in [-0.39, 0.29) is 17.3 Å². The highest BCUT2D eigenvalue weighted by Gasteiger charge is 2.26. The van der Waals surface area contributed by atoms with Gasteiger partial charge in [0.1, 0.15) is 17.5 Å². The number of nitro groups is 1. The van der Waals surface area contributed by atoms with Crippen LogP contribution in [0.25, 0.3) is 15.9 Å². The third-order valence-electron chi connectivity index (χ3n) is 4.54. The minimum Gasteiger partial charge on any atom is -0.432 e. The summed E-state index contributed by atoms with van der Waals surface area (Å²) in [5.74, 6) is -0.00564. The largest absolute Gasteiger partial charge is 0.432 e. The third-order valence-corrected chi connectivity index (χ3v) is 5.30. The molecule has 0 atom stereocenters. The van der Waals surface area contributed by atoms with Crippen LogP contribution in [0.5, 0.6) is 11.6 Å². The Bertz CT molecular complexity index is 1250. The van der Waals surface area contributed by atoms with Crippen LogP contribution in [0.15, 0.2) is 39.0 Å². The number of hydrogen-bond donors (Lipinski definition) is 0. The number of nitrogens with zero attached hydrogens (tertiary/aromatic N) is 3. The quantitative estimate of drug-likeness (QED) is 0.310. The van der Waals surface area contributed by atoms with Crippen molar-refractivity contribution in [1.82, 2.24) is 9.38 Å². The first kappa shape index (κ1) is 15.1. The van der Waals surface area contributed by atoms with E-state index >= 15 is 0 Å². The van der Waals surface area contributed by atoms with Crippen molar-refractivity contribution in [2.75, 3.05) is 0 Å². The number of ether oxygens (including phenoxy) is 1. The Labute approximate surface area is 149 Å². The first-order valence-corrected chi connectivity index (χ1v) is 8.86. The van der Waals surface area contributed by atoms with Crippen molar-refractivity contribution in [2.24, 2.45) is 0 Å². The fraction of sp³-hybridized carbons (Fsp3) is 0.176. The zero-order chi connectivity index (χ0) is 17.8. The molecule has 5 rings (SSSR count). The van der Waals surface area contributed by atoms with Crippen LogP contribution < -0.4 is 10.4 Å². The molecular weight excluding hydrogens is 358 g/mol. The molecule has 0 fully saturated rings. The van der Waals surface area contributed by atoms with Crippen LogP contribution in [-0.4, -0.2) is 14.3 Å². The Hall–Kier alpha value is -3.20. The van der Waals surface area contributed by atoms with Gasteiger partial charge in [0, 0.05) is 22.4 Å². The van der Waals surface area contributed by atoms with Crippen molar-refractivity contribution >= 4 is 33.1 Å². The second-order valence-corrected chi connectivity index (χ2v) is 6.89. The van der Waals surface area contributed by atoms with Crippen LogP contribution in [0, 0.1) is 10.1 Å². The summed E-state index contributed by atoms with van der Waals surface area (Å²) in [5.41, 5.74) is 1.86. The number of thiazole rings is 1. The summed E-state index contributed by atoms with van der Waals surface area (Å²) < 4.78 is 12.4. The zero-order valence-corrected chi connectivity index (χ0v) is 14.1. The van der Waals surface area contributed by atoms with Crippen molar-refractivity contribution in [1.29, 1.82) is 0 Å². The topological polar surface area (TPSA) is 99.9 Å². The number of imidazole rings is 1. The number of aromatic nitrogens is 2. The molecule has 9 heteroatoms. The minimum absolute atomic E-state index is 0.0929. The highest BCUT2D eigenvalue weighted by molar-refractivity contribution is 7.15. The Morgan fingerprint density at radius 3 is 3.00 bits per heavy atom. The lowest BCUT2D eigenvalue weighted by molar-refractivity contribution is -0.391. The number of benzene rings is 1. The molecule has 0 aliphatic heterocycles. The van der Waals surface area contributed by atoms with Gasteiger partial charge in [0.15, 0.2) is 0 Å². The van der Waals surface area contributed by atoms with Gasteiger partial charge in [-0.25, -0.2) is 4.79 Å². The molecule has 0 amide bonds. The van der Waals surface area contributed by atoms with Crippen molar-refractivity contribution in [3.8, 4) is 11.6 Å². The van der Waals surface area contributed by atoms with E-state index in [1.807, 2.05) is 6.07 Å². The molecule has 26 heavy (non-hydrogen) atoms. The molecule has 1 aliphatic rings. The fourth-order valence-electron chi connectivity index (χ4n) is 3.43. The molecule has 0 bridgehead atoms. The predicted octanol–water partition coefficient (Wildman–Crippen LogP) is 3.69. The standard InChI is InChI=1S/C17H11N3O5S/c21-16-12-3-1-2-10(12)11-5-4-9(8-13(11)25-16)24-14-15(20(22)23)19-6-7-26-17(19)18-14/h4-8H,1-3H2. The van der Waals surface area contributed by atoms with Crippen LogP contribution in [0.1, 0.15) is 17.5 Å². The number of rotatable bonds is 3. The SMILES string of the molecule is O=c1oc2cc(Oc3nc4sccn4c3[N+](=O)[O-])ccc2c2c1CCC2. The maximum Gasteiger partial charge on any atom is 0.393 e. The van der Waals surface area contributed by atoms with E-state index in [4.69, 9.17) is 9.15 Å². The van der Waals surface area contributed by atoms with Gasteiger partial charge in [-0.2, -0.15) is 9.38 Å². The zero-order valence-electron chi connectivity index (χ0n) is 13.3. The van der Waals surface area contributed by atoms with Crippen molar-refractivity contribution in [3.63, 3.8) is 0 Å². The van der Waals surface area contributed by atoms with E-state index in [1.54, 1.807) is 23.7 Å². The summed E-state index contributed by atoms with van der Waals surface area (Å²) in [4.78, 5) is 27.6. The number of hydrogen-bond acceptors (Lipinski definition) is 7. The molecule has 0 radical (unpaired) electrons. The maximum atomic E-state index is 12.1. The summed E-state index contributed by atoms with van der Waals surface area (Å²) in [6.45, 7) is 0. The first-order valence-electron chi connectivity index (χ1n) is 7.98. The van der Waals surface area contributed by atoms with Gasteiger partial charge in [0.2, 0.25) is 0 Å². The van der Waals surface area contributed by atoms with Gasteiger partial charge >= 0.3 is 17.3 Å². The Morgan fingerprint density at radius 2 is 2.15 bits per heavy atom.